The average molecular weight is 899 g/mol. The molecule has 0 saturated carbocycles. The highest BCUT2D eigenvalue weighted by Gasteiger charge is 2.37. The molecule has 3 amide bonds. The second-order valence-corrected chi connectivity index (χ2v) is 24.6. The first-order valence-electron chi connectivity index (χ1n) is 23.6. The number of hydrogen-bond acceptors (Lipinski definition) is 7. The van der Waals surface area contributed by atoms with Gasteiger partial charge in [-0.3, -0.25) is 19.3 Å². The van der Waals surface area contributed by atoms with E-state index in [-0.39, 0.29) is 29.3 Å². The van der Waals surface area contributed by atoms with E-state index in [0.29, 0.717) is 38.5 Å². The first kappa shape index (κ1) is 49.2. The molecule has 2 aliphatic rings. The van der Waals surface area contributed by atoms with Crippen molar-refractivity contribution < 1.29 is 18.8 Å². The lowest BCUT2D eigenvalue weighted by molar-refractivity contribution is -0.145. The molecule has 0 aliphatic carbocycles. The molecular formula is C54H74N6O4Si. The van der Waals surface area contributed by atoms with E-state index in [1.54, 1.807) is 17.9 Å². The minimum atomic E-state index is -1.79. The Hall–Kier alpha value is -5.23. The quantitative estimate of drug-likeness (QED) is 0.0774. The molecule has 2 heterocycles. The van der Waals surface area contributed by atoms with Gasteiger partial charge in [0.2, 0.25) is 17.7 Å². The van der Waals surface area contributed by atoms with Gasteiger partial charge in [0.05, 0.1) is 6.61 Å². The lowest BCUT2D eigenvalue weighted by Gasteiger charge is -2.39. The summed E-state index contributed by atoms with van der Waals surface area (Å²) in [6, 6.07) is 34.8. The number of benzene rings is 4. The Morgan fingerprint density at radius 2 is 1.34 bits per heavy atom. The molecule has 1 unspecified atom stereocenters. The van der Waals surface area contributed by atoms with Crippen LogP contribution < -0.4 is 9.80 Å². The van der Waals surface area contributed by atoms with Crippen molar-refractivity contribution in [2.75, 3.05) is 82.4 Å². The molecule has 65 heavy (non-hydrogen) atoms. The summed E-state index contributed by atoms with van der Waals surface area (Å²) in [5, 5.41) is 0.193. The van der Waals surface area contributed by atoms with Crippen LogP contribution in [0.15, 0.2) is 109 Å². The van der Waals surface area contributed by atoms with Crippen LogP contribution in [0.2, 0.25) is 18.1 Å². The fourth-order valence-corrected chi connectivity index (χ4v) is 9.32. The summed E-state index contributed by atoms with van der Waals surface area (Å²) < 4.78 is 6.43. The van der Waals surface area contributed by atoms with E-state index in [4.69, 9.17) is 4.43 Å². The van der Waals surface area contributed by atoms with Crippen molar-refractivity contribution in [1.29, 1.82) is 0 Å². The molecule has 4 aromatic carbocycles. The fraction of sp³-hybridized carbons (Fsp3) is 0.463. The topological polar surface area (TPSA) is 79.9 Å². The van der Waals surface area contributed by atoms with Crippen LogP contribution in [0.5, 0.6) is 0 Å². The Kier molecular flexibility index (Phi) is 16.9. The van der Waals surface area contributed by atoms with Crippen LogP contribution in [0.1, 0.15) is 75.3 Å². The van der Waals surface area contributed by atoms with E-state index in [9.17, 15) is 14.4 Å². The number of nitrogens with zero attached hydrogens (tertiary/aromatic N) is 6. The van der Waals surface area contributed by atoms with E-state index in [2.05, 4.69) is 130 Å². The van der Waals surface area contributed by atoms with Crippen molar-refractivity contribution in [3.8, 4) is 0 Å². The molecule has 10 nitrogen and oxygen atoms in total. The van der Waals surface area contributed by atoms with Crippen LogP contribution in [0.4, 0.5) is 11.4 Å². The van der Waals surface area contributed by atoms with Gasteiger partial charge in [-0.1, -0.05) is 113 Å². The number of piperazine rings is 2. The monoisotopic (exact) mass is 899 g/mol. The molecule has 0 radical (unpaired) electrons. The summed E-state index contributed by atoms with van der Waals surface area (Å²) in [5.41, 5.74) is 7.64. The first-order valence-corrected chi connectivity index (χ1v) is 26.6. The highest BCUT2D eigenvalue weighted by molar-refractivity contribution is 6.74. The molecule has 348 valence electrons. The van der Waals surface area contributed by atoms with E-state index in [0.717, 1.165) is 68.3 Å². The van der Waals surface area contributed by atoms with Crippen LogP contribution in [-0.2, 0) is 38.3 Å². The Bertz CT molecular complexity index is 2170. The number of hydrogen-bond donors (Lipinski definition) is 0. The van der Waals surface area contributed by atoms with Crippen molar-refractivity contribution in [3.63, 3.8) is 0 Å². The van der Waals surface area contributed by atoms with E-state index >= 15 is 0 Å². The third kappa shape index (κ3) is 13.7. The van der Waals surface area contributed by atoms with E-state index in [1.165, 1.54) is 16.8 Å². The lowest BCUT2D eigenvalue weighted by Crippen LogP contribution is -2.56. The van der Waals surface area contributed by atoms with Gasteiger partial charge in [0.25, 0.3) is 0 Å². The molecule has 2 fully saturated rings. The molecule has 2 saturated heterocycles. The minimum Gasteiger partial charge on any atom is -0.415 e. The third-order valence-corrected chi connectivity index (χ3v) is 18.3. The van der Waals surface area contributed by atoms with Crippen molar-refractivity contribution in [2.45, 2.75) is 91.1 Å². The van der Waals surface area contributed by atoms with Gasteiger partial charge >= 0.3 is 0 Å². The molecule has 0 spiro atoms. The van der Waals surface area contributed by atoms with Crippen molar-refractivity contribution in [3.05, 3.63) is 137 Å². The lowest BCUT2D eigenvalue weighted by atomic mass is 10.0. The summed E-state index contributed by atoms with van der Waals surface area (Å²) in [6.45, 7) is 25.6. The van der Waals surface area contributed by atoms with Crippen molar-refractivity contribution in [2.24, 2.45) is 0 Å². The van der Waals surface area contributed by atoms with Gasteiger partial charge in [-0.05, 0) is 82.2 Å². The summed E-state index contributed by atoms with van der Waals surface area (Å²) in [4.78, 5) is 54.0. The summed E-state index contributed by atoms with van der Waals surface area (Å²) in [7, 11) is 0.338. The van der Waals surface area contributed by atoms with Crippen molar-refractivity contribution in [1.82, 2.24) is 19.6 Å². The SMILES string of the molecule is CC(=O)N1CCN(c2ccc(CN(C(=O)C=Cc3ccc(C(C)C)cc3)C(Cc3ccccc3)C(=O)N3CCN(Cc4ccc(N(C)CCO[Si](C)(C)C(C)(C)C)cc4)CC3)cc2)CC1. The van der Waals surface area contributed by atoms with Crippen LogP contribution in [0, 0.1) is 0 Å². The largest absolute Gasteiger partial charge is 0.415 e. The number of amides is 3. The van der Waals surface area contributed by atoms with Gasteiger partial charge < -0.3 is 28.9 Å². The molecule has 2 aliphatic heterocycles. The fourth-order valence-electron chi connectivity index (χ4n) is 8.29. The Labute approximate surface area is 391 Å². The van der Waals surface area contributed by atoms with Gasteiger partial charge in [0.1, 0.15) is 6.04 Å². The summed E-state index contributed by atoms with van der Waals surface area (Å²) in [6.07, 6.45) is 3.90. The predicted molar refractivity (Wildman–Crippen MR) is 270 cm³/mol. The maximum atomic E-state index is 14.9. The molecule has 4 aromatic rings. The number of likely N-dealkylation sites (N-methyl/N-ethyl adjacent to an activating group) is 1. The minimum absolute atomic E-state index is 0.0265. The number of rotatable bonds is 17. The summed E-state index contributed by atoms with van der Waals surface area (Å²) in [5.74, 6) is 0.293. The Balaban J connectivity index is 1.15. The number of anilines is 2. The maximum absolute atomic E-state index is 14.9. The number of carbonyl (C=O) groups excluding carboxylic acids is 3. The average Bonchev–Trinajstić information content (AvgIpc) is 3.30. The van der Waals surface area contributed by atoms with E-state index in [1.807, 2.05) is 58.3 Å². The predicted octanol–water partition coefficient (Wildman–Crippen LogP) is 8.93. The maximum Gasteiger partial charge on any atom is 0.247 e. The van der Waals surface area contributed by atoms with Gasteiger partial charge in [0, 0.05) is 110 Å². The molecule has 0 bridgehead atoms. The zero-order valence-electron chi connectivity index (χ0n) is 40.6. The van der Waals surface area contributed by atoms with E-state index < -0.39 is 14.4 Å². The highest BCUT2D eigenvalue weighted by atomic mass is 28.4. The van der Waals surface area contributed by atoms with Crippen LogP contribution in [0.25, 0.3) is 6.08 Å². The number of carbonyl (C=O) groups is 3. The third-order valence-electron chi connectivity index (χ3n) is 13.8. The van der Waals surface area contributed by atoms with Gasteiger partial charge in [-0.15, -0.1) is 0 Å². The van der Waals surface area contributed by atoms with Gasteiger partial charge in [-0.2, -0.15) is 0 Å². The zero-order valence-corrected chi connectivity index (χ0v) is 41.6. The Morgan fingerprint density at radius 1 is 0.738 bits per heavy atom. The van der Waals surface area contributed by atoms with Gasteiger partial charge in [-0.25, -0.2) is 0 Å². The Morgan fingerprint density at radius 3 is 1.92 bits per heavy atom. The molecule has 1 atom stereocenters. The first-order chi connectivity index (χ1) is 31.0. The summed E-state index contributed by atoms with van der Waals surface area (Å²) >= 11 is 0. The smallest absolute Gasteiger partial charge is 0.247 e. The molecule has 11 heteroatoms. The standard InChI is InChI=1S/C54H74N6O4Si/c1-42(2)48-22-15-44(16-23-48)21-28-52(62)60(41-47-19-26-50(27-20-47)58-35-33-57(34-36-58)43(3)61)51(39-45-13-11-10-12-14-45)53(63)59-31-29-56(30-32-59)40-46-17-24-49(25-18-46)55(7)37-38-64-65(8,9)54(4,5)6/h10-28,42,51H,29-41H2,1-9H3. The zero-order chi connectivity index (χ0) is 46.7. The van der Waals surface area contributed by atoms with Crippen molar-refractivity contribution >= 4 is 43.5 Å². The molecular weight excluding hydrogens is 825 g/mol. The molecule has 0 N–H and O–H groups in total. The van der Waals surface area contributed by atoms with Crippen LogP contribution in [-0.4, -0.2) is 124 Å². The van der Waals surface area contributed by atoms with Crippen LogP contribution >= 0.6 is 0 Å². The second kappa shape index (κ2) is 22.3. The van der Waals surface area contributed by atoms with Crippen LogP contribution in [0.3, 0.4) is 0 Å². The molecule has 0 aromatic heterocycles. The highest BCUT2D eigenvalue weighted by Crippen LogP contribution is 2.36. The normalized spacial score (nSPS) is 15.7. The van der Waals surface area contributed by atoms with Gasteiger partial charge in [0.15, 0.2) is 8.32 Å². The molecule has 6 rings (SSSR count). The second-order valence-electron chi connectivity index (χ2n) is 19.8.